The molecule has 1 N–H and O–H groups in total. The number of hydrogen-bond donors (Lipinski definition) is 1. The molecule has 1 atom stereocenters. The summed E-state index contributed by atoms with van der Waals surface area (Å²) in [6.07, 6.45) is 0.488. The van der Waals surface area contributed by atoms with Crippen LogP contribution in [0.4, 0.5) is 4.39 Å². The molecule has 2 amide bonds. The van der Waals surface area contributed by atoms with E-state index in [1.54, 1.807) is 25.1 Å². The monoisotopic (exact) mass is 458 g/mol. The van der Waals surface area contributed by atoms with Crippen LogP contribution in [0, 0.1) is 5.82 Å². The summed E-state index contributed by atoms with van der Waals surface area (Å²) in [5, 5.41) is 3.77. The van der Waals surface area contributed by atoms with Gasteiger partial charge in [0.15, 0.2) is 0 Å². The molecule has 29 heavy (non-hydrogen) atoms. The highest BCUT2D eigenvalue weighted by atomic mass is 35.5. The van der Waals surface area contributed by atoms with Crippen LogP contribution in [-0.4, -0.2) is 29.3 Å². The first-order valence-electron chi connectivity index (χ1n) is 9.18. The van der Waals surface area contributed by atoms with Crippen LogP contribution >= 0.6 is 34.8 Å². The molecule has 0 fully saturated rings. The Morgan fingerprint density at radius 1 is 1.14 bits per heavy atom. The number of carbonyl (C=O) groups excluding carboxylic acids is 2. The van der Waals surface area contributed by atoms with Crippen molar-refractivity contribution in [3.8, 4) is 0 Å². The number of carbonyl (C=O) groups is 2. The smallest absolute Gasteiger partial charge is 0.242 e. The topological polar surface area (TPSA) is 49.4 Å². The Morgan fingerprint density at radius 3 is 2.48 bits per heavy atom. The Kier molecular flexibility index (Phi) is 8.75. The van der Waals surface area contributed by atoms with Gasteiger partial charge in [0.1, 0.15) is 11.9 Å². The lowest BCUT2D eigenvalue weighted by molar-refractivity contribution is -0.140. The number of nitrogens with one attached hydrogen (secondary N) is 1. The largest absolute Gasteiger partial charge is 0.354 e. The normalized spacial score (nSPS) is 11.8. The summed E-state index contributed by atoms with van der Waals surface area (Å²) in [7, 11) is 0. The maximum Gasteiger partial charge on any atom is 0.242 e. The minimum atomic E-state index is -0.786. The van der Waals surface area contributed by atoms with Crippen molar-refractivity contribution in [3.05, 3.63) is 68.4 Å². The fourth-order valence-electron chi connectivity index (χ4n) is 2.77. The van der Waals surface area contributed by atoms with E-state index in [9.17, 15) is 14.0 Å². The van der Waals surface area contributed by atoms with Crippen LogP contribution in [0.1, 0.15) is 31.4 Å². The SMILES string of the molecule is CCCNC(=O)C(C)N(Cc1ccc(Cl)cc1Cl)C(=O)Cc1c(F)cccc1Cl. The molecule has 0 radical (unpaired) electrons. The fraction of sp³-hybridized carbons (Fsp3) is 0.333. The second kappa shape index (κ2) is 10.8. The van der Waals surface area contributed by atoms with Crippen LogP contribution in [0.5, 0.6) is 0 Å². The molecule has 0 aromatic heterocycles. The molecule has 0 heterocycles. The predicted molar refractivity (Wildman–Crippen MR) is 115 cm³/mol. The maximum atomic E-state index is 14.2. The average Bonchev–Trinajstić information content (AvgIpc) is 2.67. The quantitative estimate of drug-likeness (QED) is 0.584. The number of hydrogen-bond acceptors (Lipinski definition) is 2. The van der Waals surface area contributed by atoms with E-state index in [0.29, 0.717) is 22.2 Å². The summed E-state index contributed by atoms with van der Waals surface area (Å²) in [6.45, 7) is 4.12. The third kappa shape index (κ3) is 6.33. The first-order valence-corrected chi connectivity index (χ1v) is 10.3. The van der Waals surface area contributed by atoms with Crippen LogP contribution < -0.4 is 5.32 Å². The van der Waals surface area contributed by atoms with Crippen molar-refractivity contribution in [2.75, 3.05) is 6.54 Å². The average molecular weight is 460 g/mol. The van der Waals surface area contributed by atoms with Crippen molar-refractivity contribution >= 4 is 46.6 Å². The lowest BCUT2D eigenvalue weighted by Gasteiger charge is -2.29. The highest BCUT2D eigenvalue weighted by Crippen LogP contribution is 2.25. The number of amides is 2. The molecule has 156 valence electrons. The van der Waals surface area contributed by atoms with Crippen molar-refractivity contribution in [2.24, 2.45) is 0 Å². The standard InChI is InChI=1S/C21H22Cl3FN2O2/c1-3-9-26-21(29)13(2)27(12-14-7-8-15(22)10-18(14)24)20(28)11-16-17(23)5-4-6-19(16)25/h4-8,10,13H,3,9,11-12H2,1-2H3,(H,26,29). The molecular weight excluding hydrogens is 438 g/mol. The lowest BCUT2D eigenvalue weighted by Crippen LogP contribution is -2.48. The van der Waals surface area contributed by atoms with Crippen LogP contribution in [0.3, 0.4) is 0 Å². The van der Waals surface area contributed by atoms with Crippen molar-refractivity contribution in [3.63, 3.8) is 0 Å². The number of rotatable bonds is 8. The molecular formula is C21H22Cl3FN2O2. The van der Waals surface area contributed by atoms with Crippen molar-refractivity contribution in [2.45, 2.75) is 39.3 Å². The van der Waals surface area contributed by atoms with Crippen LogP contribution in [0.25, 0.3) is 0 Å². The van der Waals surface area contributed by atoms with Gasteiger partial charge in [0.2, 0.25) is 11.8 Å². The van der Waals surface area contributed by atoms with Gasteiger partial charge in [-0.15, -0.1) is 0 Å². The zero-order chi connectivity index (χ0) is 21.6. The van der Waals surface area contributed by atoms with Crippen molar-refractivity contribution in [1.29, 1.82) is 0 Å². The van der Waals surface area contributed by atoms with Gasteiger partial charge in [-0.25, -0.2) is 4.39 Å². The summed E-state index contributed by atoms with van der Waals surface area (Å²) in [5.41, 5.74) is 0.715. The molecule has 0 spiro atoms. The van der Waals surface area contributed by atoms with Crippen LogP contribution in [0.2, 0.25) is 15.1 Å². The van der Waals surface area contributed by atoms with E-state index in [4.69, 9.17) is 34.8 Å². The van der Waals surface area contributed by atoms with E-state index in [1.165, 1.54) is 23.1 Å². The highest BCUT2D eigenvalue weighted by molar-refractivity contribution is 6.35. The van der Waals surface area contributed by atoms with Gasteiger partial charge in [0.05, 0.1) is 6.42 Å². The Hall–Kier alpha value is -1.82. The Morgan fingerprint density at radius 2 is 1.86 bits per heavy atom. The zero-order valence-electron chi connectivity index (χ0n) is 16.1. The van der Waals surface area contributed by atoms with Gasteiger partial charge < -0.3 is 10.2 Å². The van der Waals surface area contributed by atoms with Gasteiger partial charge in [-0.2, -0.15) is 0 Å². The molecule has 4 nitrogen and oxygen atoms in total. The van der Waals surface area contributed by atoms with E-state index < -0.39 is 17.8 Å². The van der Waals surface area contributed by atoms with Crippen molar-refractivity contribution in [1.82, 2.24) is 10.2 Å². The first-order chi connectivity index (χ1) is 13.7. The highest BCUT2D eigenvalue weighted by Gasteiger charge is 2.27. The Bertz CT molecular complexity index is 872. The van der Waals surface area contributed by atoms with Gasteiger partial charge in [0, 0.05) is 33.7 Å². The number of nitrogens with zero attached hydrogens (tertiary/aromatic N) is 1. The molecule has 0 aliphatic rings. The minimum absolute atomic E-state index is 0.0711. The van der Waals surface area contributed by atoms with Gasteiger partial charge in [0.25, 0.3) is 0 Å². The Labute approximate surface area is 184 Å². The Balaban J connectivity index is 2.32. The van der Waals surface area contributed by atoms with Crippen molar-refractivity contribution < 1.29 is 14.0 Å². The van der Waals surface area contributed by atoms with Gasteiger partial charge in [-0.1, -0.05) is 53.9 Å². The minimum Gasteiger partial charge on any atom is -0.354 e. The van der Waals surface area contributed by atoms with E-state index in [1.807, 2.05) is 6.92 Å². The fourth-order valence-corrected chi connectivity index (χ4v) is 3.46. The third-order valence-electron chi connectivity index (χ3n) is 4.46. The maximum absolute atomic E-state index is 14.2. The summed E-state index contributed by atoms with van der Waals surface area (Å²) < 4.78 is 14.2. The summed E-state index contributed by atoms with van der Waals surface area (Å²) in [5.74, 6) is -1.31. The molecule has 0 aliphatic heterocycles. The number of benzene rings is 2. The molecule has 0 saturated carbocycles. The summed E-state index contributed by atoms with van der Waals surface area (Å²) in [4.78, 5) is 26.9. The molecule has 0 saturated heterocycles. The molecule has 2 rings (SSSR count). The van der Waals surface area contributed by atoms with E-state index in [0.717, 1.165) is 6.42 Å². The first kappa shape index (κ1) is 23.5. The van der Waals surface area contributed by atoms with E-state index in [-0.39, 0.29) is 29.5 Å². The predicted octanol–water partition coefficient (Wildman–Crippen LogP) is 5.27. The van der Waals surface area contributed by atoms with E-state index in [2.05, 4.69) is 5.32 Å². The molecule has 2 aromatic rings. The zero-order valence-corrected chi connectivity index (χ0v) is 18.4. The third-order valence-corrected chi connectivity index (χ3v) is 5.40. The molecule has 1 unspecified atom stereocenters. The summed E-state index contributed by atoms with van der Waals surface area (Å²) in [6, 6.07) is 8.36. The molecule has 2 aromatic carbocycles. The molecule has 0 aliphatic carbocycles. The van der Waals surface area contributed by atoms with Gasteiger partial charge in [-0.05, 0) is 43.2 Å². The van der Waals surface area contributed by atoms with Crippen LogP contribution in [-0.2, 0) is 22.6 Å². The van der Waals surface area contributed by atoms with E-state index >= 15 is 0 Å². The van der Waals surface area contributed by atoms with Crippen LogP contribution in [0.15, 0.2) is 36.4 Å². The second-order valence-corrected chi connectivity index (χ2v) is 7.85. The van der Waals surface area contributed by atoms with Gasteiger partial charge >= 0.3 is 0 Å². The second-order valence-electron chi connectivity index (χ2n) is 6.60. The van der Waals surface area contributed by atoms with Gasteiger partial charge in [-0.3, -0.25) is 9.59 Å². The number of halogens is 4. The molecule has 8 heteroatoms. The molecule has 0 bridgehead atoms. The summed E-state index contributed by atoms with van der Waals surface area (Å²) >= 11 is 18.3. The lowest BCUT2D eigenvalue weighted by atomic mass is 10.1.